The molecule has 0 bridgehead atoms. The van der Waals surface area contributed by atoms with Gasteiger partial charge in [0.05, 0.1) is 6.33 Å². The summed E-state index contributed by atoms with van der Waals surface area (Å²) in [6, 6.07) is 0. The Labute approximate surface area is 81.6 Å². The molecule has 1 N–H and O–H groups in total. The fourth-order valence-electron chi connectivity index (χ4n) is 1.11. The van der Waals surface area contributed by atoms with Crippen LogP contribution in [-0.4, -0.2) is 25.5 Å². The molecule has 0 radical (unpaired) electrons. The van der Waals surface area contributed by atoms with E-state index in [0.29, 0.717) is 11.5 Å². The summed E-state index contributed by atoms with van der Waals surface area (Å²) in [4.78, 5) is 15.0. The topological polar surface area (TPSA) is 63.7 Å². The van der Waals surface area contributed by atoms with Gasteiger partial charge in [-0.25, -0.2) is 9.97 Å². The van der Waals surface area contributed by atoms with Crippen molar-refractivity contribution in [3.63, 3.8) is 0 Å². The lowest BCUT2D eigenvalue weighted by atomic mass is 10.2. The Morgan fingerprint density at radius 1 is 1.21 bits per heavy atom. The van der Waals surface area contributed by atoms with Crippen molar-refractivity contribution in [3.05, 3.63) is 12.7 Å². The molecule has 2 aromatic heterocycles. The standard InChI is InChI=1S/C9H12N4O/c1-9(2,3)14-8-6-7(11-4-10-6)12-5-13-8/h4-5H,1-3H3,(H,10,11,12,13). The maximum atomic E-state index is 5.65. The van der Waals surface area contributed by atoms with Gasteiger partial charge in [0.25, 0.3) is 0 Å². The van der Waals surface area contributed by atoms with E-state index < -0.39 is 0 Å². The highest BCUT2D eigenvalue weighted by atomic mass is 16.5. The summed E-state index contributed by atoms with van der Waals surface area (Å²) >= 11 is 0. The lowest BCUT2D eigenvalue weighted by molar-refractivity contribution is 0.126. The number of nitrogens with zero attached hydrogens (tertiary/aromatic N) is 3. The number of aromatic amines is 1. The molecular weight excluding hydrogens is 180 g/mol. The van der Waals surface area contributed by atoms with Crippen molar-refractivity contribution in [3.8, 4) is 5.88 Å². The highest BCUT2D eigenvalue weighted by molar-refractivity contribution is 5.74. The van der Waals surface area contributed by atoms with Crippen LogP contribution in [0.5, 0.6) is 5.88 Å². The molecule has 14 heavy (non-hydrogen) atoms. The minimum Gasteiger partial charge on any atom is -0.470 e. The number of fused-ring (bicyclic) bond motifs is 1. The molecule has 2 heterocycles. The van der Waals surface area contributed by atoms with E-state index in [2.05, 4.69) is 19.9 Å². The molecule has 5 heteroatoms. The summed E-state index contributed by atoms with van der Waals surface area (Å²) in [6.07, 6.45) is 3.03. The molecule has 0 spiro atoms. The fraction of sp³-hybridized carbons (Fsp3) is 0.444. The van der Waals surface area contributed by atoms with Gasteiger partial charge in [0.1, 0.15) is 17.4 Å². The van der Waals surface area contributed by atoms with Crippen molar-refractivity contribution < 1.29 is 4.74 Å². The third kappa shape index (κ3) is 1.66. The lowest BCUT2D eigenvalue weighted by Gasteiger charge is -2.19. The van der Waals surface area contributed by atoms with Crippen LogP contribution in [-0.2, 0) is 0 Å². The average Bonchev–Trinajstić information content (AvgIpc) is 2.49. The van der Waals surface area contributed by atoms with Gasteiger partial charge in [-0.15, -0.1) is 0 Å². The predicted molar refractivity (Wildman–Crippen MR) is 52.1 cm³/mol. The second-order valence-electron chi connectivity index (χ2n) is 3.99. The fourth-order valence-corrected chi connectivity index (χ4v) is 1.11. The van der Waals surface area contributed by atoms with Crippen LogP contribution in [0.2, 0.25) is 0 Å². The van der Waals surface area contributed by atoms with Crippen molar-refractivity contribution in [1.29, 1.82) is 0 Å². The molecule has 0 aliphatic rings. The van der Waals surface area contributed by atoms with Crippen molar-refractivity contribution in [2.45, 2.75) is 26.4 Å². The first-order chi connectivity index (χ1) is 6.56. The normalized spacial score (nSPS) is 11.9. The van der Waals surface area contributed by atoms with Gasteiger partial charge in [-0.3, -0.25) is 0 Å². The summed E-state index contributed by atoms with van der Waals surface area (Å²) in [5.41, 5.74) is 1.09. The Morgan fingerprint density at radius 3 is 2.71 bits per heavy atom. The highest BCUT2D eigenvalue weighted by Gasteiger charge is 2.15. The Hall–Kier alpha value is -1.65. The first-order valence-electron chi connectivity index (χ1n) is 4.39. The molecule has 0 fully saturated rings. The van der Waals surface area contributed by atoms with Crippen LogP contribution in [0.3, 0.4) is 0 Å². The van der Waals surface area contributed by atoms with E-state index in [1.807, 2.05) is 20.8 Å². The predicted octanol–water partition coefficient (Wildman–Crippen LogP) is 1.53. The molecule has 0 aliphatic carbocycles. The highest BCUT2D eigenvalue weighted by Crippen LogP contribution is 2.21. The maximum Gasteiger partial charge on any atom is 0.243 e. The second kappa shape index (κ2) is 2.94. The number of rotatable bonds is 1. The monoisotopic (exact) mass is 192 g/mol. The molecule has 74 valence electrons. The molecular formula is C9H12N4O. The van der Waals surface area contributed by atoms with Crippen LogP contribution in [0.15, 0.2) is 12.7 Å². The van der Waals surface area contributed by atoms with Crippen LogP contribution in [0, 0.1) is 0 Å². The van der Waals surface area contributed by atoms with Gasteiger partial charge in [-0.05, 0) is 20.8 Å². The summed E-state index contributed by atoms with van der Waals surface area (Å²) in [7, 11) is 0. The number of hydrogen-bond acceptors (Lipinski definition) is 4. The van der Waals surface area contributed by atoms with Crippen LogP contribution in [0.25, 0.3) is 11.2 Å². The lowest BCUT2D eigenvalue weighted by Crippen LogP contribution is -2.23. The van der Waals surface area contributed by atoms with E-state index in [-0.39, 0.29) is 5.60 Å². The first kappa shape index (κ1) is 8.93. The van der Waals surface area contributed by atoms with Gasteiger partial charge in [-0.2, -0.15) is 4.98 Å². The van der Waals surface area contributed by atoms with E-state index in [1.54, 1.807) is 6.33 Å². The average molecular weight is 192 g/mol. The first-order valence-corrected chi connectivity index (χ1v) is 4.39. The van der Waals surface area contributed by atoms with E-state index >= 15 is 0 Å². The van der Waals surface area contributed by atoms with Crippen LogP contribution >= 0.6 is 0 Å². The maximum absolute atomic E-state index is 5.65. The molecule has 0 aromatic carbocycles. The minimum atomic E-state index is -0.271. The van der Waals surface area contributed by atoms with E-state index in [4.69, 9.17) is 4.74 Å². The van der Waals surface area contributed by atoms with Crippen LogP contribution < -0.4 is 4.74 Å². The Morgan fingerprint density at radius 2 is 2.00 bits per heavy atom. The number of nitrogens with one attached hydrogen (secondary N) is 1. The summed E-state index contributed by atoms with van der Waals surface area (Å²) in [6.45, 7) is 5.91. The second-order valence-corrected chi connectivity index (χ2v) is 3.99. The number of ether oxygens (including phenoxy) is 1. The van der Waals surface area contributed by atoms with Crippen molar-refractivity contribution in [2.24, 2.45) is 0 Å². The minimum absolute atomic E-state index is 0.271. The van der Waals surface area contributed by atoms with Gasteiger partial charge in [0.2, 0.25) is 5.88 Å². The van der Waals surface area contributed by atoms with Gasteiger partial charge >= 0.3 is 0 Å². The van der Waals surface area contributed by atoms with E-state index in [1.165, 1.54) is 6.33 Å². The Balaban J connectivity index is 2.46. The molecule has 2 rings (SSSR count). The van der Waals surface area contributed by atoms with Crippen LogP contribution in [0.1, 0.15) is 20.8 Å². The molecule has 0 unspecified atom stereocenters. The molecule has 2 aromatic rings. The number of aromatic nitrogens is 4. The third-order valence-corrected chi connectivity index (χ3v) is 1.59. The number of imidazole rings is 1. The van der Waals surface area contributed by atoms with Gasteiger partial charge < -0.3 is 9.72 Å². The molecule has 5 nitrogen and oxygen atoms in total. The molecule has 0 aliphatic heterocycles. The molecule has 0 saturated carbocycles. The Kier molecular flexibility index (Phi) is 1.87. The quantitative estimate of drug-likeness (QED) is 0.744. The van der Waals surface area contributed by atoms with Gasteiger partial charge in [0, 0.05) is 0 Å². The van der Waals surface area contributed by atoms with E-state index in [0.717, 1.165) is 5.52 Å². The zero-order valence-corrected chi connectivity index (χ0v) is 8.40. The smallest absolute Gasteiger partial charge is 0.243 e. The SMILES string of the molecule is CC(C)(C)Oc1ncnc2nc[nH]c12. The molecule has 0 saturated heterocycles. The summed E-state index contributed by atoms with van der Waals surface area (Å²) in [5.74, 6) is 0.542. The van der Waals surface area contributed by atoms with Gasteiger partial charge in [0.15, 0.2) is 5.65 Å². The van der Waals surface area contributed by atoms with Crippen molar-refractivity contribution in [1.82, 2.24) is 19.9 Å². The van der Waals surface area contributed by atoms with Crippen molar-refractivity contribution >= 4 is 11.2 Å². The molecule has 0 atom stereocenters. The largest absolute Gasteiger partial charge is 0.470 e. The Bertz CT molecular complexity index is 443. The zero-order valence-electron chi connectivity index (χ0n) is 8.40. The summed E-state index contributed by atoms with van der Waals surface area (Å²) < 4.78 is 5.65. The number of H-pyrrole nitrogens is 1. The van der Waals surface area contributed by atoms with Crippen LogP contribution in [0.4, 0.5) is 0 Å². The van der Waals surface area contributed by atoms with Gasteiger partial charge in [-0.1, -0.05) is 0 Å². The van der Waals surface area contributed by atoms with Crippen molar-refractivity contribution in [2.75, 3.05) is 0 Å². The number of hydrogen-bond donors (Lipinski definition) is 1. The summed E-state index contributed by atoms with van der Waals surface area (Å²) in [5, 5.41) is 0. The zero-order chi connectivity index (χ0) is 10.2. The molecule has 0 amide bonds. The third-order valence-electron chi connectivity index (χ3n) is 1.59. The van der Waals surface area contributed by atoms with E-state index in [9.17, 15) is 0 Å².